The van der Waals surface area contributed by atoms with E-state index in [9.17, 15) is 13.2 Å². The largest absolute Gasteiger partial charge is 0.368 e. The number of ether oxygens (including phenoxy) is 5. The van der Waals surface area contributed by atoms with Gasteiger partial charge >= 0.3 is 0 Å². The summed E-state index contributed by atoms with van der Waals surface area (Å²) in [6, 6.07) is 26.8. The number of rotatable bonds is 9. The highest BCUT2D eigenvalue weighted by Gasteiger charge is 2.51. The summed E-state index contributed by atoms with van der Waals surface area (Å²) in [5, 5.41) is 0. The Balaban J connectivity index is 1.33. The van der Waals surface area contributed by atoms with Crippen molar-refractivity contribution in [3.63, 3.8) is 0 Å². The van der Waals surface area contributed by atoms with Crippen molar-refractivity contribution in [3.05, 3.63) is 137 Å². The zero-order valence-electron chi connectivity index (χ0n) is 23.4. The second kappa shape index (κ2) is 13.6. The van der Waals surface area contributed by atoms with Crippen molar-refractivity contribution in [2.45, 2.75) is 61.2 Å². The predicted molar refractivity (Wildman–Crippen MR) is 156 cm³/mol. The molecule has 0 bridgehead atoms. The summed E-state index contributed by atoms with van der Waals surface area (Å²) < 4.78 is 75.1. The number of fused-ring (bicyclic) bond motifs is 1. The lowest BCUT2D eigenvalue weighted by Gasteiger charge is -2.49. The van der Waals surface area contributed by atoms with Gasteiger partial charge in [-0.3, -0.25) is 0 Å². The normalized spacial score (nSPS) is 25.3. The van der Waals surface area contributed by atoms with Gasteiger partial charge in [0, 0.05) is 21.6 Å². The van der Waals surface area contributed by atoms with Gasteiger partial charge in [0.1, 0.15) is 47.3 Å². The summed E-state index contributed by atoms with van der Waals surface area (Å²) in [6.07, 6.45) is -3.69. The molecule has 43 heavy (non-hydrogen) atoms. The molecule has 0 N–H and O–H groups in total. The van der Waals surface area contributed by atoms with E-state index in [1.807, 2.05) is 31.2 Å². The molecule has 4 aromatic carbocycles. The summed E-state index contributed by atoms with van der Waals surface area (Å²) in [5.41, 5.74) is 1.77. The van der Waals surface area contributed by atoms with Crippen molar-refractivity contribution in [2.75, 3.05) is 6.61 Å². The maximum absolute atomic E-state index is 14.6. The van der Waals surface area contributed by atoms with Gasteiger partial charge < -0.3 is 23.7 Å². The van der Waals surface area contributed by atoms with Crippen molar-refractivity contribution in [1.82, 2.24) is 0 Å². The van der Waals surface area contributed by atoms with E-state index >= 15 is 0 Å². The Morgan fingerprint density at radius 3 is 2.05 bits per heavy atom. The maximum atomic E-state index is 14.6. The zero-order chi connectivity index (χ0) is 29.8. The van der Waals surface area contributed by atoms with E-state index in [-0.39, 0.29) is 19.8 Å². The van der Waals surface area contributed by atoms with E-state index in [1.54, 1.807) is 48.5 Å². The second-order valence-electron chi connectivity index (χ2n) is 10.5. The molecule has 2 saturated heterocycles. The summed E-state index contributed by atoms with van der Waals surface area (Å²) >= 11 is 1.45. The van der Waals surface area contributed by atoms with Gasteiger partial charge in [-0.1, -0.05) is 78.0 Å². The molecule has 9 heteroatoms. The molecule has 6 rings (SSSR count). The van der Waals surface area contributed by atoms with Crippen LogP contribution in [0.3, 0.4) is 0 Å². The van der Waals surface area contributed by atoms with Crippen LogP contribution in [0.25, 0.3) is 0 Å². The van der Waals surface area contributed by atoms with Gasteiger partial charge in [0.05, 0.1) is 19.8 Å². The van der Waals surface area contributed by atoms with Crippen LogP contribution in [0.15, 0.2) is 102 Å². The van der Waals surface area contributed by atoms with Gasteiger partial charge in [0.2, 0.25) is 0 Å². The molecule has 2 heterocycles. The molecular weight excluding hydrogens is 577 g/mol. The van der Waals surface area contributed by atoms with Crippen LogP contribution < -0.4 is 0 Å². The van der Waals surface area contributed by atoms with Gasteiger partial charge in [-0.05, 0) is 43.3 Å². The van der Waals surface area contributed by atoms with E-state index in [4.69, 9.17) is 23.7 Å². The first kappa shape index (κ1) is 29.9. The number of benzene rings is 4. The topological polar surface area (TPSA) is 46.2 Å². The Morgan fingerprint density at radius 2 is 1.40 bits per heavy atom. The third-order valence-electron chi connectivity index (χ3n) is 7.46. The number of hydrogen-bond donors (Lipinski definition) is 0. The molecule has 5 nitrogen and oxygen atoms in total. The van der Waals surface area contributed by atoms with E-state index < -0.39 is 53.6 Å². The molecule has 0 amide bonds. The highest BCUT2D eigenvalue weighted by molar-refractivity contribution is 7.99. The van der Waals surface area contributed by atoms with Crippen molar-refractivity contribution in [3.8, 4) is 0 Å². The second-order valence-corrected chi connectivity index (χ2v) is 11.7. The lowest BCUT2D eigenvalue weighted by Crippen LogP contribution is -2.62. The van der Waals surface area contributed by atoms with Gasteiger partial charge in [0.15, 0.2) is 6.29 Å². The first-order valence-corrected chi connectivity index (χ1v) is 14.9. The van der Waals surface area contributed by atoms with Crippen LogP contribution in [-0.4, -0.2) is 36.5 Å². The monoisotopic (exact) mass is 608 g/mol. The Labute approximate surface area is 252 Å². The quantitative estimate of drug-likeness (QED) is 0.196. The van der Waals surface area contributed by atoms with Crippen LogP contribution in [0.4, 0.5) is 13.2 Å². The minimum absolute atomic E-state index is 0.0492. The Bertz CT molecular complexity index is 1520. The molecule has 0 spiro atoms. The molecular formula is C34H31F3O5S. The summed E-state index contributed by atoms with van der Waals surface area (Å²) in [5.74, 6) is -1.21. The van der Waals surface area contributed by atoms with Crippen molar-refractivity contribution < 1.29 is 36.9 Å². The SMILES string of the molecule is Cc1ccc(S[C@@H]2O[C@@H]3CO[C@H](c4cccc(F)c4)O[C@@H]3[C@H](OCc3ccccc3F)[C@H]2OCc2ccccc2F)cc1. The van der Waals surface area contributed by atoms with Crippen molar-refractivity contribution in [2.24, 2.45) is 0 Å². The maximum Gasteiger partial charge on any atom is 0.184 e. The van der Waals surface area contributed by atoms with E-state index in [2.05, 4.69) is 0 Å². The van der Waals surface area contributed by atoms with Crippen LogP contribution in [0.5, 0.6) is 0 Å². The number of halogens is 3. The van der Waals surface area contributed by atoms with Crippen molar-refractivity contribution >= 4 is 11.8 Å². The van der Waals surface area contributed by atoms with Crippen LogP contribution in [-0.2, 0) is 36.9 Å². The Morgan fingerprint density at radius 1 is 0.744 bits per heavy atom. The summed E-state index contributed by atoms with van der Waals surface area (Å²) in [4.78, 5) is 0.941. The van der Waals surface area contributed by atoms with Crippen molar-refractivity contribution in [1.29, 1.82) is 0 Å². The van der Waals surface area contributed by atoms with Crippen LogP contribution in [0.2, 0.25) is 0 Å². The molecule has 0 radical (unpaired) electrons. The van der Waals surface area contributed by atoms with Crippen LogP contribution >= 0.6 is 11.8 Å². The lowest BCUT2D eigenvalue weighted by molar-refractivity contribution is -0.329. The molecule has 6 atom stereocenters. The fourth-order valence-corrected chi connectivity index (χ4v) is 6.31. The molecule has 2 aliphatic heterocycles. The fourth-order valence-electron chi connectivity index (χ4n) is 5.18. The standard InChI is InChI=1S/C34H31F3O5S/c1-21-13-15-26(16-14-21)43-34-32(39-19-24-8-3-5-12-28(24)37)31(38-18-23-7-2-4-11-27(23)36)30-29(41-34)20-40-33(42-30)22-9-6-10-25(35)17-22/h2-17,29-34H,18-20H2,1H3/t29-,30+,31+,32-,33+,34+/m1/s1. The van der Waals surface area contributed by atoms with Gasteiger partial charge in [-0.2, -0.15) is 0 Å². The third-order valence-corrected chi connectivity index (χ3v) is 8.61. The van der Waals surface area contributed by atoms with Crippen LogP contribution in [0, 0.1) is 24.4 Å². The predicted octanol–water partition coefficient (Wildman–Crippen LogP) is 7.51. The van der Waals surface area contributed by atoms with Gasteiger partial charge in [-0.25, -0.2) is 13.2 Å². The highest BCUT2D eigenvalue weighted by Crippen LogP contribution is 2.42. The first-order chi connectivity index (χ1) is 20.9. The number of hydrogen-bond acceptors (Lipinski definition) is 6. The molecule has 0 unspecified atom stereocenters. The molecule has 224 valence electrons. The smallest absolute Gasteiger partial charge is 0.184 e. The fraction of sp³-hybridized carbons (Fsp3) is 0.294. The van der Waals surface area contributed by atoms with E-state index in [0.29, 0.717) is 16.7 Å². The molecule has 0 aliphatic carbocycles. The minimum atomic E-state index is -0.881. The summed E-state index contributed by atoms with van der Waals surface area (Å²) in [7, 11) is 0. The van der Waals surface area contributed by atoms with E-state index in [1.165, 1.54) is 36.0 Å². The number of thioether (sulfide) groups is 1. The number of aryl methyl sites for hydroxylation is 1. The third kappa shape index (κ3) is 7.15. The summed E-state index contributed by atoms with van der Waals surface area (Å²) in [6.45, 7) is 2.05. The molecule has 4 aromatic rings. The van der Waals surface area contributed by atoms with E-state index in [0.717, 1.165) is 10.5 Å². The minimum Gasteiger partial charge on any atom is -0.368 e. The van der Waals surface area contributed by atoms with Gasteiger partial charge in [-0.15, -0.1) is 0 Å². The molecule has 0 saturated carbocycles. The average Bonchev–Trinajstić information content (AvgIpc) is 3.01. The van der Waals surface area contributed by atoms with Crippen LogP contribution in [0.1, 0.15) is 28.5 Å². The molecule has 2 fully saturated rings. The Hall–Kier alpha value is -3.18. The van der Waals surface area contributed by atoms with Gasteiger partial charge in [0.25, 0.3) is 0 Å². The highest BCUT2D eigenvalue weighted by atomic mass is 32.2. The zero-order valence-corrected chi connectivity index (χ0v) is 24.2. The molecule has 2 aliphatic rings. The lowest BCUT2D eigenvalue weighted by atomic mass is 9.98. The first-order valence-electron chi connectivity index (χ1n) is 14.1. The Kier molecular flexibility index (Phi) is 9.47. The average molecular weight is 609 g/mol. The molecule has 0 aromatic heterocycles.